The molecular weight excluding hydrogens is 258 g/mol. The number of hydrogen-bond acceptors (Lipinski definition) is 4. The molecule has 108 valence electrons. The molecule has 7 nitrogen and oxygen atoms in total. The van der Waals surface area contributed by atoms with Gasteiger partial charge in [-0.1, -0.05) is 0 Å². The number of fused-ring (bicyclic) bond motifs is 1. The van der Waals surface area contributed by atoms with Gasteiger partial charge in [-0.3, -0.25) is 14.3 Å². The summed E-state index contributed by atoms with van der Waals surface area (Å²) in [7, 11) is 0. The topological polar surface area (TPSA) is 84.7 Å². The standard InChI is InChI=1S/C13H19N5O2/c1-8(2)18-11-10(12(19)16-13(18)20)17(7-15-11)9-3-5-14-6-4-9/h7-9,14H,3-6H2,1-2H3,(H,16,19,20). The second-order valence-electron chi connectivity index (χ2n) is 5.53. The molecule has 3 rings (SSSR count). The number of hydrogen-bond donors (Lipinski definition) is 2. The van der Waals surface area contributed by atoms with Crippen LogP contribution >= 0.6 is 0 Å². The lowest BCUT2D eigenvalue weighted by Crippen LogP contribution is -2.34. The van der Waals surface area contributed by atoms with Crippen molar-refractivity contribution in [2.24, 2.45) is 0 Å². The molecule has 0 radical (unpaired) electrons. The molecule has 0 unspecified atom stereocenters. The zero-order chi connectivity index (χ0) is 14.3. The SMILES string of the molecule is CC(C)n1c(=O)[nH]c(=O)c2c1ncn2C1CCNCC1. The number of nitrogens with one attached hydrogen (secondary N) is 2. The zero-order valence-corrected chi connectivity index (χ0v) is 11.7. The van der Waals surface area contributed by atoms with Crippen LogP contribution < -0.4 is 16.6 Å². The Morgan fingerprint density at radius 3 is 2.65 bits per heavy atom. The van der Waals surface area contributed by atoms with Gasteiger partial charge in [-0.15, -0.1) is 0 Å². The van der Waals surface area contributed by atoms with Crippen molar-refractivity contribution in [3.05, 3.63) is 27.2 Å². The Bertz CT molecular complexity index is 733. The van der Waals surface area contributed by atoms with Gasteiger partial charge in [0.15, 0.2) is 11.2 Å². The molecule has 2 N–H and O–H groups in total. The quantitative estimate of drug-likeness (QED) is 0.831. The molecule has 2 aromatic rings. The summed E-state index contributed by atoms with van der Waals surface area (Å²) in [6.45, 7) is 5.68. The van der Waals surface area contributed by atoms with E-state index in [1.165, 1.54) is 4.57 Å². The van der Waals surface area contributed by atoms with Gasteiger partial charge >= 0.3 is 5.69 Å². The van der Waals surface area contributed by atoms with Crippen LogP contribution in [0.4, 0.5) is 0 Å². The number of rotatable bonds is 2. The van der Waals surface area contributed by atoms with Crippen LogP contribution in [0.25, 0.3) is 11.2 Å². The van der Waals surface area contributed by atoms with Crippen molar-refractivity contribution in [1.29, 1.82) is 0 Å². The van der Waals surface area contributed by atoms with Crippen molar-refractivity contribution in [2.45, 2.75) is 38.8 Å². The summed E-state index contributed by atoms with van der Waals surface area (Å²) >= 11 is 0. The lowest BCUT2D eigenvalue weighted by Gasteiger charge is -2.24. The van der Waals surface area contributed by atoms with Gasteiger partial charge in [0.1, 0.15) is 0 Å². The van der Waals surface area contributed by atoms with Crippen LogP contribution in [-0.4, -0.2) is 32.2 Å². The number of H-pyrrole nitrogens is 1. The molecule has 0 saturated carbocycles. The van der Waals surface area contributed by atoms with Crippen LogP contribution in [0.5, 0.6) is 0 Å². The fraction of sp³-hybridized carbons (Fsp3) is 0.615. The Morgan fingerprint density at radius 1 is 1.30 bits per heavy atom. The van der Waals surface area contributed by atoms with Crippen molar-refractivity contribution in [1.82, 2.24) is 24.4 Å². The molecule has 1 fully saturated rings. The molecule has 1 saturated heterocycles. The van der Waals surface area contributed by atoms with E-state index in [9.17, 15) is 9.59 Å². The van der Waals surface area contributed by atoms with Crippen molar-refractivity contribution in [3.63, 3.8) is 0 Å². The van der Waals surface area contributed by atoms with Gasteiger partial charge in [-0.25, -0.2) is 9.78 Å². The molecule has 1 aliphatic rings. The maximum absolute atomic E-state index is 12.2. The first-order valence-electron chi connectivity index (χ1n) is 7.01. The molecular formula is C13H19N5O2. The van der Waals surface area contributed by atoms with Crippen LogP contribution in [0, 0.1) is 0 Å². The van der Waals surface area contributed by atoms with Crippen LogP contribution in [0.15, 0.2) is 15.9 Å². The minimum absolute atomic E-state index is 0.0433. The molecule has 2 aromatic heterocycles. The van der Waals surface area contributed by atoms with Gasteiger partial charge in [0.25, 0.3) is 5.56 Å². The number of imidazole rings is 1. The van der Waals surface area contributed by atoms with Crippen LogP contribution in [0.1, 0.15) is 38.8 Å². The van der Waals surface area contributed by atoms with Gasteiger partial charge < -0.3 is 9.88 Å². The molecule has 1 aliphatic heterocycles. The predicted octanol–water partition coefficient (Wildman–Crippen LogP) is 0.392. The molecule has 0 bridgehead atoms. The van der Waals surface area contributed by atoms with E-state index < -0.39 is 5.69 Å². The molecule has 7 heteroatoms. The smallest absolute Gasteiger partial charge is 0.322 e. The second-order valence-corrected chi connectivity index (χ2v) is 5.53. The van der Waals surface area contributed by atoms with Crippen molar-refractivity contribution < 1.29 is 0 Å². The number of piperidine rings is 1. The Balaban J connectivity index is 2.24. The first-order chi connectivity index (χ1) is 9.59. The van der Waals surface area contributed by atoms with Crippen LogP contribution in [-0.2, 0) is 0 Å². The van der Waals surface area contributed by atoms with Crippen molar-refractivity contribution in [3.8, 4) is 0 Å². The summed E-state index contributed by atoms with van der Waals surface area (Å²) in [4.78, 5) is 30.8. The first kappa shape index (κ1) is 13.1. The number of aromatic nitrogens is 4. The Morgan fingerprint density at radius 2 is 2.00 bits per heavy atom. The van der Waals surface area contributed by atoms with E-state index in [0.29, 0.717) is 11.2 Å². The fourth-order valence-electron chi connectivity index (χ4n) is 2.90. The summed E-state index contributed by atoms with van der Waals surface area (Å²) in [6, 6.07) is 0.221. The second kappa shape index (κ2) is 4.90. The Kier molecular flexibility index (Phi) is 3.21. The maximum atomic E-state index is 12.2. The fourth-order valence-corrected chi connectivity index (χ4v) is 2.90. The summed E-state index contributed by atoms with van der Waals surface area (Å²) in [5, 5.41) is 3.30. The summed E-state index contributed by atoms with van der Waals surface area (Å²) in [6.07, 6.45) is 3.62. The Hall–Kier alpha value is -1.89. The van der Waals surface area contributed by atoms with E-state index in [1.54, 1.807) is 6.33 Å². The summed E-state index contributed by atoms with van der Waals surface area (Å²) < 4.78 is 3.46. The van der Waals surface area contributed by atoms with Crippen molar-refractivity contribution >= 4 is 11.2 Å². The van der Waals surface area contributed by atoms with Crippen LogP contribution in [0.2, 0.25) is 0 Å². The van der Waals surface area contributed by atoms with Gasteiger partial charge in [0.05, 0.1) is 6.33 Å². The number of aromatic amines is 1. The predicted molar refractivity (Wildman–Crippen MR) is 76.1 cm³/mol. The minimum Gasteiger partial charge on any atom is -0.322 e. The maximum Gasteiger partial charge on any atom is 0.330 e. The average molecular weight is 277 g/mol. The third-order valence-corrected chi connectivity index (χ3v) is 3.88. The van der Waals surface area contributed by atoms with E-state index >= 15 is 0 Å². The molecule has 0 aromatic carbocycles. The largest absolute Gasteiger partial charge is 0.330 e. The Labute approximate surface area is 115 Å². The highest BCUT2D eigenvalue weighted by Crippen LogP contribution is 2.22. The minimum atomic E-state index is -0.395. The highest BCUT2D eigenvalue weighted by molar-refractivity contribution is 5.70. The van der Waals surface area contributed by atoms with E-state index in [2.05, 4.69) is 15.3 Å². The highest BCUT2D eigenvalue weighted by Gasteiger charge is 2.21. The molecule has 3 heterocycles. The first-order valence-corrected chi connectivity index (χ1v) is 7.01. The summed E-state index contributed by atoms with van der Waals surface area (Å²) in [5.41, 5.74) is 0.239. The lowest BCUT2D eigenvalue weighted by molar-refractivity contribution is 0.374. The molecule has 0 atom stereocenters. The summed E-state index contributed by atoms with van der Waals surface area (Å²) in [5.74, 6) is 0. The van der Waals surface area contributed by atoms with Crippen LogP contribution in [0.3, 0.4) is 0 Å². The molecule has 0 aliphatic carbocycles. The van der Waals surface area contributed by atoms with Crippen molar-refractivity contribution in [2.75, 3.05) is 13.1 Å². The van der Waals surface area contributed by atoms with Gasteiger partial charge in [-0.05, 0) is 39.8 Å². The molecule has 0 amide bonds. The van der Waals surface area contributed by atoms with Gasteiger partial charge in [0, 0.05) is 12.1 Å². The lowest BCUT2D eigenvalue weighted by atomic mass is 10.1. The van der Waals surface area contributed by atoms with E-state index in [0.717, 1.165) is 25.9 Å². The average Bonchev–Trinajstić information content (AvgIpc) is 2.84. The monoisotopic (exact) mass is 277 g/mol. The molecule has 0 spiro atoms. The zero-order valence-electron chi connectivity index (χ0n) is 11.7. The van der Waals surface area contributed by atoms with E-state index in [-0.39, 0.29) is 17.6 Å². The van der Waals surface area contributed by atoms with E-state index in [4.69, 9.17) is 0 Å². The molecule has 20 heavy (non-hydrogen) atoms. The van der Waals surface area contributed by atoms with Gasteiger partial charge in [0.2, 0.25) is 0 Å². The van der Waals surface area contributed by atoms with E-state index in [1.807, 2.05) is 18.4 Å². The third-order valence-electron chi connectivity index (χ3n) is 3.88. The number of nitrogens with zero attached hydrogens (tertiary/aromatic N) is 3. The third kappa shape index (κ3) is 1.98. The highest BCUT2D eigenvalue weighted by atomic mass is 16.2. The van der Waals surface area contributed by atoms with Gasteiger partial charge in [-0.2, -0.15) is 0 Å². The normalized spacial score (nSPS) is 17.1.